The monoisotopic (exact) mass is 394 g/mol. The van der Waals surface area contributed by atoms with Crippen LogP contribution in [0, 0.1) is 12.7 Å². The summed E-state index contributed by atoms with van der Waals surface area (Å²) < 4.78 is 20.0. The Kier molecular flexibility index (Phi) is 5.20. The van der Waals surface area contributed by atoms with Gasteiger partial charge in [0.2, 0.25) is 0 Å². The Morgan fingerprint density at radius 2 is 1.59 bits per heavy atom. The van der Waals surface area contributed by atoms with Crippen LogP contribution in [0.1, 0.15) is 16.2 Å². The van der Waals surface area contributed by atoms with Crippen molar-refractivity contribution >= 4 is 11.6 Å². The number of rotatable bonds is 4. The second-order valence-corrected chi connectivity index (χ2v) is 7.04. The molecule has 6 nitrogen and oxygen atoms in total. The molecule has 0 N–H and O–H groups in total. The van der Waals surface area contributed by atoms with E-state index in [4.69, 9.17) is 4.74 Å². The maximum atomic E-state index is 13.2. The van der Waals surface area contributed by atoms with Gasteiger partial charge in [-0.15, -0.1) is 0 Å². The lowest BCUT2D eigenvalue weighted by atomic mass is 10.2. The SMILES string of the molecule is COc1ccc(-n2nc(C)cc2C(=O)N2CCN(c3ccc(F)cc3)CC2)cc1. The summed E-state index contributed by atoms with van der Waals surface area (Å²) >= 11 is 0. The lowest BCUT2D eigenvalue weighted by molar-refractivity contribution is 0.0737. The van der Waals surface area contributed by atoms with E-state index in [1.54, 1.807) is 23.9 Å². The summed E-state index contributed by atoms with van der Waals surface area (Å²) in [4.78, 5) is 17.2. The highest BCUT2D eigenvalue weighted by Gasteiger charge is 2.25. The number of carbonyl (C=O) groups excluding carboxylic acids is 1. The zero-order chi connectivity index (χ0) is 20.4. The van der Waals surface area contributed by atoms with E-state index < -0.39 is 0 Å². The third kappa shape index (κ3) is 3.94. The Morgan fingerprint density at radius 3 is 2.21 bits per heavy atom. The summed E-state index contributed by atoms with van der Waals surface area (Å²) in [5.74, 6) is 0.465. The van der Waals surface area contributed by atoms with Gasteiger partial charge in [-0.3, -0.25) is 4.79 Å². The molecule has 29 heavy (non-hydrogen) atoms. The number of anilines is 1. The quantitative estimate of drug-likeness (QED) is 0.681. The van der Waals surface area contributed by atoms with Gasteiger partial charge in [0.1, 0.15) is 17.3 Å². The van der Waals surface area contributed by atoms with E-state index >= 15 is 0 Å². The van der Waals surface area contributed by atoms with Gasteiger partial charge >= 0.3 is 0 Å². The molecule has 2 heterocycles. The number of hydrogen-bond donors (Lipinski definition) is 0. The van der Waals surface area contributed by atoms with Crippen molar-refractivity contribution < 1.29 is 13.9 Å². The van der Waals surface area contributed by atoms with Crippen LogP contribution in [0.5, 0.6) is 5.75 Å². The van der Waals surface area contributed by atoms with Gasteiger partial charge in [0.15, 0.2) is 0 Å². The maximum absolute atomic E-state index is 13.2. The number of aromatic nitrogens is 2. The Bertz CT molecular complexity index is 991. The average molecular weight is 394 g/mol. The highest BCUT2D eigenvalue weighted by atomic mass is 19.1. The number of methoxy groups -OCH3 is 1. The first-order chi connectivity index (χ1) is 14.0. The molecule has 0 atom stereocenters. The largest absolute Gasteiger partial charge is 0.497 e. The van der Waals surface area contributed by atoms with E-state index in [9.17, 15) is 9.18 Å². The van der Waals surface area contributed by atoms with Crippen LogP contribution in [-0.2, 0) is 0 Å². The van der Waals surface area contributed by atoms with Crippen molar-refractivity contribution in [3.63, 3.8) is 0 Å². The molecule has 0 unspecified atom stereocenters. The molecule has 1 fully saturated rings. The first kappa shape index (κ1) is 19.0. The van der Waals surface area contributed by atoms with Crippen LogP contribution in [0.4, 0.5) is 10.1 Å². The van der Waals surface area contributed by atoms with Crippen molar-refractivity contribution in [3.8, 4) is 11.4 Å². The van der Waals surface area contributed by atoms with Crippen molar-refractivity contribution in [2.45, 2.75) is 6.92 Å². The average Bonchev–Trinajstić information content (AvgIpc) is 3.15. The summed E-state index contributed by atoms with van der Waals surface area (Å²) in [6.07, 6.45) is 0. The molecule has 0 bridgehead atoms. The summed E-state index contributed by atoms with van der Waals surface area (Å²) in [5, 5.41) is 4.51. The van der Waals surface area contributed by atoms with Gasteiger partial charge in [-0.05, 0) is 61.5 Å². The molecule has 150 valence electrons. The zero-order valence-corrected chi connectivity index (χ0v) is 16.5. The fourth-order valence-electron chi connectivity index (χ4n) is 3.55. The molecular formula is C22H23FN4O2. The van der Waals surface area contributed by atoms with Gasteiger partial charge in [0.05, 0.1) is 18.5 Å². The molecule has 0 aliphatic carbocycles. The maximum Gasteiger partial charge on any atom is 0.272 e. The van der Waals surface area contributed by atoms with Crippen LogP contribution >= 0.6 is 0 Å². The molecule has 3 aromatic rings. The summed E-state index contributed by atoms with van der Waals surface area (Å²) in [7, 11) is 1.62. The highest BCUT2D eigenvalue weighted by molar-refractivity contribution is 5.93. The van der Waals surface area contributed by atoms with Crippen LogP contribution in [0.2, 0.25) is 0 Å². The Morgan fingerprint density at radius 1 is 0.966 bits per heavy atom. The number of hydrogen-bond acceptors (Lipinski definition) is 4. The predicted molar refractivity (Wildman–Crippen MR) is 109 cm³/mol. The van der Waals surface area contributed by atoms with Crippen molar-refractivity contribution in [2.75, 3.05) is 38.2 Å². The first-order valence-electron chi connectivity index (χ1n) is 9.56. The smallest absolute Gasteiger partial charge is 0.272 e. The van der Waals surface area contributed by atoms with Gasteiger partial charge in [0.25, 0.3) is 5.91 Å². The number of nitrogens with zero attached hydrogens (tertiary/aromatic N) is 4. The highest BCUT2D eigenvalue weighted by Crippen LogP contribution is 2.21. The lowest BCUT2D eigenvalue weighted by Crippen LogP contribution is -2.49. The van der Waals surface area contributed by atoms with E-state index in [1.807, 2.05) is 42.2 Å². The number of aryl methyl sites for hydroxylation is 1. The number of piperazine rings is 1. The van der Waals surface area contributed by atoms with E-state index in [2.05, 4.69) is 10.00 Å². The van der Waals surface area contributed by atoms with Crippen LogP contribution < -0.4 is 9.64 Å². The number of amides is 1. The Balaban J connectivity index is 1.49. The predicted octanol–water partition coefficient (Wildman–Crippen LogP) is 3.29. The minimum absolute atomic E-state index is 0.0415. The molecular weight excluding hydrogens is 371 g/mol. The van der Waals surface area contributed by atoms with E-state index in [0.29, 0.717) is 31.9 Å². The second-order valence-electron chi connectivity index (χ2n) is 7.04. The van der Waals surface area contributed by atoms with Crippen molar-refractivity contribution in [3.05, 3.63) is 71.8 Å². The molecule has 0 spiro atoms. The number of benzene rings is 2. The van der Waals surface area contributed by atoms with Gasteiger partial charge in [-0.25, -0.2) is 9.07 Å². The number of halogens is 1. The van der Waals surface area contributed by atoms with Crippen LogP contribution in [0.3, 0.4) is 0 Å². The van der Waals surface area contributed by atoms with Crippen LogP contribution in [0.15, 0.2) is 54.6 Å². The van der Waals surface area contributed by atoms with Crippen LogP contribution in [-0.4, -0.2) is 53.9 Å². The van der Waals surface area contributed by atoms with E-state index in [-0.39, 0.29) is 11.7 Å². The molecule has 2 aromatic carbocycles. The Labute approximate surface area is 169 Å². The normalized spacial score (nSPS) is 14.2. The minimum atomic E-state index is -0.246. The fourth-order valence-corrected chi connectivity index (χ4v) is 3.55. The topological polar surface area (TPSA) is 50.6 Å². The fraction of sp³-hybridized carbons (Fsp3) is 0.273. The molecule has 1 amide bonds. The van der Waals surface area contributed by atoms with Gasteiger partial charge in [0, 0.05) is 31.9 Å². The molecule has 7 heteroatoms. The van der Waals surface area contributed by atoms with E-state index in [0.717, 1.165) is 22.8 Å². The molecule has 0 radical (unpaired) electrons. The van der Waals surface area contributed by atoms with Gasteiger partial charge in [-0.1, -0.05) is 0 Å². The van der Waals surface area contributed by atoms with Gasteiger partial charge in [-0.2, -0.15) is 5.10 Å². The lowest BCUT2D eigenvalue weighted by Gasteiger charge is -2.36. The van der Waals surface area contributed by atoms with Crippen molar-refractivity contribution in [1.82, 2.24) is 14.7 Å². The zero-order valence-electron chi connectivity index (χ0n) is 16.5. The first-order valence-corrected chi connectivity index (χ1v) is 9.56. The minimum Gasteiger partial charge on any atom is -0.497 e. The molecule has 1 aromatic heterocycles. The second kappa shape index (κ2) is 7.95. The molecule has 0 saturated carbocycles. The number of carbonyl (C=O) groups is 1. The molecule has 4 rings (SSSR count). The third-order valence-electron chi connectivity index (χ3n) is 5.13. The third-order valence-corrected chi connectivity index (χ3v) is 5.13. The standard InChI is InChI=1S/C22H23FN4O2/c1-16-15-21(27(24-16)19-7-9-20(29-2)10-8-19)22(28)26-13-11-25(12-14-26)18-5-3-17(23)4-6-18/h3-10,15H,11-14H2,1-2H3. The van der Waals surface area contributed by atoms with E-state index in [1.165, 1.54) is 12.1 Å². The summed E-state index contributed by atoms with van der Waals surface area (Å²) in [5.41, 5.74) is 3.11. The summed E-state index contributed by atoms with van der Waals surface area (Å²) in [6.45, 7) is 4.48. The molecule has 1 aliphatic rings. The number of ether oxygens (including phenoxy) is 1. The molecule has 1 aliphatic heterocycles. The summed E-state index contributed by atoms with van der Waals surface area (Å²) in [6, 6.07) is 15.8. The van der Waals surface area contributed by atoms with Gasteiger partial charge < -0.3 is 14.5 Å². The van der Waals surface area contributed by atoms with Crippen molar-refractivity contribution in [2.24, 2.45) is 0 Å². The molecule has 1 saturated heterocycles. The van der Waals surface area contributed by atoms with Crippen LogP contribution in [0.25, 0.3) is 5.69 Å². The van der Waals surface area contributed by atoms with Crippen molar-refractivity contribution in [1.29, 1.82) is 0 Å². The Hall–Kier alpha value is -3.35.